The molecule has 1 aliphatic carbocycles. The molecule has 88 valence electrons. The number of fused-ring (bicyclic) bond motifs is 3. The first-order chi connectivity index (χ1) is 8.92. The summed E-state index contributed by atoms with van der Waals surface area (Å²) in [5.41, 5.74) is 2.21. The second-order valence-electron chi connectivity index (χ2n) is 4.44. The Labute approximate surface area is 104 Å². The summed E-state index contributed by atoms with van der Waals surface area (Å²) in [5, 5.41) is 4.12. The molecule has 2 atom stereocenters. The van der Waals surface area contributed by atoms with Crippen molar-refractivity contribution in [3.05, 3.63) is 60.7 Å². The van der Waals surface area contributed by atoms with Crippen molar-refractivity contribution in [1.82, 2.24) is 14.8 Å². The average Bonchev–Trinajstić information content (AvgIpc) is 3.05. The van der Waals surface area contributed by atoms with Crippen LogP contribution in [0.15, 0.2) is 55.2 Å². The summed E-state index contributed by atoms with van der Waals surface area (Å²) in [6.45, 7) is 0. The van der Waals surface area contributed by atoms with Gasteiger partial charge in [0, 0.05) is 17.5 Å². The van der Waals surface area contributed by atoms with Crippen molar-refractivity contribution in [3.63, 3.8) is 0 Å². The zero-order valence-electron chi connectivity index (χ0n) is 9.60. The van der Waals surface area contributed by atoms with Gasteiger partial charge in [-0.3, -0.25) is 0 Å². The minimum Gasteiger partial charge on any atom is -0.485 e. The molecule has 0 N–H and O–H groups in total. The predicted octanol–water partition coefficient (Wildman–Crippen LogP) is 2.24. The molecule has 1 aromatic heterocycles. The first kappa shape index (κ1) is 9.65. The largest absolute Gasteiger partial charge is 0.485 e. The van der Waals surface area contributed by atoms with E-state index in [1.807, 2.05) is 18.2 Å². The van der Waals surface area contributed by atoms with Gasteiger partial charge in [0.1, 0.15) is 24.5 Å². The summed E-state index contributed by atoms with van der Waals surface area (Å²) in [5.74, 6) is 1.28. The number of ether oxygens (including phenoxy) is 1. The van der Waals surface area contributed by atoms with E-state index in [-0.39, 0.29) is 6.10 Å². The van der Waals surface area contributed by atoms with Crippen LogP contribution in [-0.4, -0.2) is 20.9 Å². The Morgan fingerprint density at radius 2 is 2.11 bits per heavy atom. The lowest BCUT2D eigenvalue weighted by Gasteiger charge is -2.13. The van der Waals surface area contributed by atoms with Crippen molar-refractivity contribution in [2.24, 2.45) is 0 Å². The molecule has 4 rings (SSSR count). The molecule has 0 amide bonds. The molecular weight excluding hydrogens is 226 g/mol. The lowest BCUT2D eigenvalue weighted by atomic mass is 9.92. The van der Waals surface area contributed by atoms with Crippen LogP contribution in [0.5, 0.6) is 5.75 Å². The maximum Gasteiger partial charge on any atom is 0.138 e. The maximum absolute atomic E-state index is 5.95. The average molecular weight is 237 g/mol. The minimum absolute atomic E-state index is 0.135. The first-order valence-electron chi connectivity index (χ1n) is 5.92. The first-order valence-corrected chi connectivity index (χ1v) is 5.92. The van der Waals surface area contributed by atoms with Crippen LogP contribution in [0.2, 0.25) is 0 Å². The molecule has 0 radical (unpaired) electrons. The van der Waals surface area contributed by atoms with E-state index >= 15 is 0 Å². The van der Waals surface area contributed by atoms with E-state index in [1.165, 1.54) is 11.9 Å². The van der Waals surface area contributed by atoms with Crippen LogP contribution in [0.4, 0.5) is 0 Å². The molecule has 0 saturated carbocycles. The lowest BCUT2D eigenvalue weighted by Crippen LogP contribution is -2.15. The Morgan fingerprint density at radius 3 is 3.00 bits per heavy atom. The second kappa shape index (κ2) is 3.57. The van der Waals surface area contributed by atoms with E-state index in [4.69, 9.17) is 4.74 Å². The summed E-state index contributed by atoms with van der Waals surface area (Å²) >= 11 is 0. The molecule has 1 aliphatic heterocycles. The van der Waals surface area contributed by atoms with Crippen molar-refractivity contribution in [2.45, 2.75) is 12.0 Å². The van der Waals surface area contributed by atoms with E-state index in [2.05, 4.69) is 34.4 Å². The van der Waals surface area contributed by atoms with Crippen molar-refractivity contribution < 1.29 is 4.74 Å². The van der Waals surface area contributed by atoms with Gasteiger partial charge in [-0.05, 0) is 12.1 Å². The predicted molar refractivity (Wildman–Crippen MR) is 66.8 cm³/mol. The summed E-state index contributed by atoms with van der Waals surface area (Å²) in [6.07, 6.45) is 11.7. The molecule has 4 heteroatoms. The number of nitrogens with zero attached hydrogens (tertiary/aromatic N) is 3. The highest BCUT2D eigenvalue weighted by atomic mass is 16.5. The number of rotatable bonds is 1. The quantitative estimate of drug-likeness (QED) is 0.763. The molecule has 0 spiro atoms. The normalized spacial score (nSPS) is 23.6. The fraction of sp³-hybridized carbons (Fsp3) is 0.143. The monoisotopic (exact) mass is 237 g/mol. The van der Waals surface area contributed by atoms with Gasteiger partial charge in [0.2, 0.25) is 0 Å². The third-order valence-corrected chi connectivity index (χ3v) is 3.39. The molecule has 1 aromatic carbocycles. The highest BCUT2D eigenvalue weighted by molar-refractivity contribution is 5.52. The van der Waals surface area contributed by atoms with Gasteiger partial charge in [0.15, 0.2) is 0 Å². The van der Waals surface area contributed by atoms with Gasteiger partial charge in [0.05, 0.1) is 5.69 Å². The summed E-state index contributed by atoms with van der Waals surface area (Å²) in [6, 6.07) is 6.18. The van der Waals surface area contributed by atoms with Crippen LogP contribution in [0.1, 0.15) is 11.5 Å². The highest BCUT2D eigenvalue weighted by Crippen LogP contribution is 2.41. The molecule has 0 bridgehead atoms. The lowest BCUT2D eigenvalue weighted by molar-refractivity contribution is 0.269. The molecule has 2 unspecified atom stereocenters. The van der Waals surface area contributed by atoms with Crippen molar-refractivity contribution in [1.29, 1.82) is 0 Å². The topological polar surface area (TPSA) is 39.9 Å². The molecule has 2 aromatic rings. The van der Waals surface area contributed by atoms with Crippen LogP contribution in [0.3, 0.4) is 0 Å². The highest BCUT2D eigenvalue weighted by Gasteiger charge is 2.31. The molecular formula is C14H11N3O. The maximum atomic E-state index is 5.95. The van der Waals surface area contributed by atoms with Gasteiger partial charge in [-0.15, -0.1) is 0 Å². The van der Waals surface area contributed by atoms with Crippen LogP contribution in [-0.2, 0) is 0 Å². The Morgan fingerprint density at radius 1 is 1.17 bits per heavy atom. The molecule has 2 heterocycles. The second-order valence-corrected chi connectivity index (χ2v) is 4.44. The number of aromatic nitrogens is 3. The van der Waals surface area contributed by atoms with Gasteiger partial charge in [-0.2, -0.15) is 5.10 Å². The number of hydrogen-bond donors (Lipinski definition) is 0. The van der Waals surface area contributed by atoms with Gasteiger partial charge < -0.3 is 4.74 Å². The zero-order valence-corrected chi connectivity index (χ0v) is 9.60. The number of allylic oxidation sites excluding steroid dienone is 2. The Bertz CT molecular complexity index is 643. The third-order valence-electron chi connectivity index (χ3n) is 3.39. The van der Waals surface area contributed by atoms with Crippen molar-refractivity contribution >= 4 is 0 Å². The number of benzene rings is 1. The van der Waals surface area contributed by atoms with E-state index in [0.717, 1.165) is 11.4 Å². The smallest absolute Gasteiger partial charge is 0.138 e. The molecule has 2 aliphatic rings. The SMILES string of the molecule is C1=CC2Oc3cc(-n4cncn4)ccc3C2C=C1. The van der Waals surface area contributed by atoms with Gasteiger partial charge in [-0.1, -0.05) is 24.3 Å². The van der Waals surface area contributed by atoms with Crippen molar-refractivity contribution in [2.75, 3.05) is 0 Å². The van der Waals surface area contributed by atoms with Gasteiger partial charge >= 0.3 is 0 Å². The number of hydrogen-bond acceptors (Lipinski definition) is 3. The summed E-state index contributed by atoms with van der Waals surface area (Å²) in [7, 11) is 0. The molecule has 18 heavy (non-hydrogen) atoms. The van der Waals surface area contributed by atoms with Gasteiger partial charge in [0.25, 0.3) is 0 Å². The molecule has 0 fully saturated rings. The van der Waals surface area contributed by atoms with E-state index in [1.54, 1.807) is 11.0 Å². The third kappa shape index (κ3) is 1.32. The Balaban J connectivity index is 1.79. The zero-order chi connectivity index (χ0) is 11.9. The van der Waals surface area contributed by atoms with E-state index < -0.39 is 0 Å². The molecule has 4 nitrogen and oxygen atoms in total. The Kier molecular flexibility index (Phi) is 1.91. The van der Waals surface area contributed by atoms with E-state index in [9.17, 15) is 0 Å². The summed E-state index contributed by atoms with van der Waals surface area (Å²) in [4.78, 5) is 3.95. The van der Waals surface area contributed by atoms with Crippen LogP contribution >= 0.6 is 0 Å². The van der Waals surface area contributed by atoms with Crippen LogP contribution in [0.25, 0.3) is 5.69 Å². The Hall–Kier alpha value is -2.36. The van der Waals surface area contributed by atoms with E-state index in [0.29, 0.717) is 5.92 Å². The fourth-order valence-corrected chi connectivity index (χ4v) is 2.51. The van der Waals surface area contributed by atoms with Crippen molar-refractivity contribution in [3.8, 4) is 11.4 Å². The summed E-state index contributed by atoms with van der Waals surface area (Å²) < 4.78 is 7.68. The minimum atomic E-state index is 0.135. The fourth-order valence-electron chi connectivity index (χ4n) is 2.51. The molecule has 0 saturated heterocycles. The van der Waals surface area contributed by atoms with Crippen LogP contribution < -0.4 is 4.74 Å². The standard InChI is InChI=1S/C14H11N3O/c1-2-4-13-11(3-1)12-6-5-10(7-14(12)18-13)17-9-15-8-16-17/h1-9,11,13H. The van der Waals surface area contributed by atoms with Gasteiger partial charge in [-0.25, -0.2) is 9.67 Å². The van der Waals surface area contributed by atoms with Crippen LogP contribution in [0, 0.1) is 0 Å².